The molecule has 30 heavy (non-hydrogen) atoms. The maximum absolute atomic E-state index is 10.5. The first kappa shape index (κ1) is 21.1. The molecule has 2 aromatic carbocycles. The monoisotopic (exact) mass is 412 g/mol. The second-order valence-electron chi connectivity index (χ2n) is 8.06. The van der Waals surface area contributed by atoms with Gasteiger partial charge < -0.3 is 19.3 Å². The maximum Gasteiger partial charge on any atom is 0.231 e. The summed E-state index contributed by atoms with van der Waals surface area (Å²) in [5.74, 6) is 1.67. The fourth-order valence-electron chi connectivity index (χ4n) is 4.12. The molecule has 2 atom stereocenters. The minimum absolute atomic E-state index is 0.0411. The summed E-state index contributed by atoms with van der Waals surface area (Å²) in [5, 5.41) is 10.5. The number of piperazine rings is 1. The molecule has 0 saturated carbocycles. The zero-order valence-corrected chi connectivity index (χ0v) is 17.7. The van der Waals surface area contributed by atoms with Crippen molar-refractivity contribution < 1.29 is 19.3 Å². The number of fused-ring (bicyclic) bond motifs is 1. The summed E-state index contributed by atoms with van der Waals surface area (Å²) >= 11 is 0. The first-order valence-corrected chi connectivity index (χ1v) is 10.9. The zero-order valence-electron chi connectivity index (χ0n) is 17.7. The van der Waals surface area contributed by atoms with Crippen LogP contribution in [-0.2, 0) is 11.3 Å². The van der Waals surface area contributed by atoms with E-state index in [0.29, 0.717) is 19.9 Å². The predicted octanol–water partition coefficient (Wildman–Crippen LogP) is 3.06. The number of nitrogens with zero attached hydrogens (tertiary/aromatic N) is 2. The fourth-order valence-corrected chi connectivity index (χ4v) is 4.12. The number of β-amino-alcohol motifs (C(OH)–C–C–N with tert-alkyl or cyclic N) is 1. The Bertz CT molecular complexity index is 793. The maximum atomic E-state index is 10.5. The van der Waals surface area contributed by atoms with Crippen molar-refractivity contribution in [3.63, 3.8) is 0 Å². The molecule has 6 heteroatoms. The molecule has 0 bridgehead atoms. The number of rotatable bonds is 9. The summed E-state index contributed by atoms with van der Waals surface area (Å²) in [6.07, 6.45) is 0.470. The smallest absolute Gasteiger partial charge is 0.231 e. The molecule has 0 unspecified atom stereocenters. The fraction of sp³-hybridized carbons (Fsp3) is 0.500. The Kier molecular flexibility index (Phi) is 7.23. The Morgan fingerprint density at radius 3 is 2.47 bits per heavy atom. The molecule has 0 aromatic heterocycles. The van der Waals surface area contributed by atoms with Crippen molar-refractivity contribution in [2.24, 2.45) is 0 Å². The lowest BCUT2D eigenvalue weighted by molar-refractivity contribution is -0.0284. The van der Waals surface area contributed by atoms with Gasteiger partial charge in [-0.25, -0.2) is 0 Å². The van der Waals surface area contributed by atoms with Gasteiger partial charge in [0.25, 0.3) is 0 Å². The molecular formula is C24H32N2O4. The van der Waals surface area contributed by atoms with Crippen molar-refractivity contribution in [1.82, 2.24) is 9.80 Å². The van der Waals surface area contributed by atoms with Gasteiger partial charge in [-0.05, 0) is 29.7 Å². The van der Waals surface area contributed by atoms with Gasteiger partial charge in [0.15, 0.2) is 11.5 Å². The van der Waals surface area contributed by atoms with Crippen LogP contribution in [0.15, 0.2) is 48.5 Å². The van der Waals surface area contributed by atoms with Gasteiger partial charge in [-0.15, -0.1) is 0 Å². The van der Waals surface area contributed by atoms with E-state index in [4.69, 9.17) is 14.2 Å². The minimum atomic E-state index is -0.469. The first-order valence-electron chi connectivity index (χ1n) is 10.9. The SMILES string of the molecule is CC[C@H](OC[C@@H](O)CN1CCN(Cc2ccc3c(c2)OCO3)CC1)c1ccccc1. The van der Waals surface area contributed by atoms with E-state index in [0.717, 1.165) is 50.6 Å². The van der Waals surface area contributed by atoms with Crippen LogP contribution in [-0.4, -0.2) is 67.1 Å². The molecule has 162 valence electrons. The summed E-state index contributed by atoms with van der Waals surface area (Å²) in [4.78, 5) is 4.77. The van der Waals surface area contributed by atoms with Crippen LogP contribution >= 0.6 is 0 Å². The van der Waals surface area contributed by atoms with Crippen molar-refractivity contribution in [2.75, 3.05) is 46.1 Å². The first-order chi connectivity index (χ1) is 14.7. The van der Waals surface area contributed by atoms with Crippen molar-refractivity contribution in [3.8, 4) is 11.5 Å². The number of hydrogen-bond donors (Lipinski definition) is 1. The molecule has 2 heterocycles. The molecule has 2 aromatic rings. The Morgan fingerprint density at radius 1 is 0.967 bits per heavy atom. The zero-order chi connectivity index (χ0) is 20.8. The second-order valence-corrected chi connectivity index (χ2v) is 8.06. The minimum Gasteiger partial charge on any atom is -0.454 e. The van der Waals surface area contributed by atoms with Gasteiger partial charge in [0.1, 0.15) is 0 Å². The molecule has 1 saturated heterocycles. The molecule has 1 N–H and O–H groups in total. The van der Waals surface area contributed by atoms with E-state index in [9.17, 15) is 5.11 Å². The lowest BCUT2D eigenvalue weighted by Gasteiger charge is -2.35. The molecule has 1 fully saturated rings. The van der Waals surface area contributed by atoms with E-state index < -0.39 is 6.10 Å². The number of aliphatic hydroxyl groups is 1. The van der Waals surface area contributed by atoms with Crippen LogP contribution in [0.25, 0.3) is 0 Å². The number of ether oxygens (including phenoxy) is 3. The van der Waals surface area contributed by atoms with Gasteiger partial charge in [0, 0.05) is 39.3 Å². The Balaban J connectivity index is 1.18. The van der Waals surface area contributed by atoms with Crippen molar-refractivity contribution in [3.05, 3.63) is 59.7 Å². The summed E-state index contributed by atoms with van der Waals surface area (Å²) in [5.41, 5.74) is 2.41. The lowest BCUT2D eigenvalue weighted by atomic mass is 10.1. The highest BCUT2D eigenvalue weighted by atomic mass is 16.7. The summed E-state index contributed by atoms with van der Waals surface area (Å²) in [6, 6.07) is 16.4. The van der Waals surface area contributed by atoms with E-state index in [1.165, 1.54) is 11.1 Å². The normalized spacial score (nSPS) is 19.0. The average molecular weight is 413 g/mol. The summed E-state index contributed by atoms with van der Waals surface area (Å²) in [7, 11) is 0. The van der Waals surface area contributed by atoms with Gasteiger partial charge >= 0.3 is 0 Å². The average Bonchev–Trinajstić information content (AvgIpc) is 3.24. The van der Waals surface area contributed by atoms with E-state index in [-0.39, 0.29) is 6.10 Å². The van der Waals surface area contributed by atoms with Crippen LogP contribution in [0.5, 0.6) is 11.5 Å². The van der Waals surface area contributed by atoms with Crippen LogP contribution in [0.4, 0.5) is 0 Å². The van der Waals surface area contributed by atoms with E-state index in [1.807, 2.05) is 24.3 Å². The van der Waals surface area contributed by atoms with Gasteiger partial charge in [-0.3, -0.25) is 9.80 Å². The second kappa shape index (κ2) is 10.3. The van der Waals surface area contributed by atoms with Gasteiger partial charge in [-0.2, -0.15) is 0 Å². The number of hydrogen-bond acceptors (Lipinski definition) is 6. The number of aliphatic hydroxyl groups excluding tert-OH is 1. The van der Waals surface area contributed by atoms with Crippen LogP contribution in [0.2, 0.25) is 0 Å². The van der Waals surface area contributed by atoms with Gasteiger partial charge in [0.05, 0.1) is 18.8 Å². The van der Waals surface area contributed by atoms with Crippen molar-refractivity contribution in [1.29, 1.82) is 0 Å². The van der Waals surface area contributed by atoms with Crippen molar-refractivity contribution >= 4 is 0 Å². The molecule has 0 aliphatic carbocycles. The highest BCUT2D eigenvalue weighted by molar-refractivity contribution is 5.44. The van der Waals surface area contributed by atoms with Crippen LogP contribution in [0.3, 0.4) is 0 Å². The molecular weight excluding hydrogens is 380 g/mol. The Labute approximate surface area is 179 Å². The van der Waals surface area contributed by atoms with Crippen LogP contribution in [0.1, 0.15) is 30.6 Å². The third kappa shape index (κ3) is 5.52. The van der Waals surface area contributed by atoms with E-state index >= 15 is 0 Å². The van der Waals surface area contributed by atoms with Gasteiger partial charge in [0.2, 0.25) is 6.79 Å². The van der Waals surface area contributed by atoms with Crippen LogP contribution in [0, 0.1) is 0 Å². The third-order valence-corrected chi connectivity index (χ3v) is 5.81. The summed E-state index contributed by atoms with van der Waals surface area (Å²) < 4.78 is 16.9. The van der Waals surface area contributed by atoms with E-state index in [1.54, 1.807) is 0 Å². The molecule has 0 radical (unpaired) electrons. The number of benzene rings is 2. The van der Waals surface area contributed by atoms with E-state index in [2.05, 4.69) is 41.0 Å². The molecule has 2 aliphatic rings. The largest absolute Gasteiger partial charge is 0.454 e. The Hall–Kier alpha value is -2.12. The third-order valence-electron chi connectivity index (χ3n) is 5.81. The lowest BCUT2D eigenvalue weighted by Crippen LogP contribution is -2.48. The highest BCUT2D eigenvalue weighted by Crippen LogP contribution is 2.32. The Morgan fingerprint density at radius 2 is 1.70 bits per heavy atom. The molecule has 6 nitrogen and oxygen atoms in total. The molecule has 0 spiro atoms. The quantitative estimate of drug-likeness (QED) is 0.683. The highest BCUT2D eigenvalue weighted by Gasteiger charge is 2.21. The summed E-state index contributed by atoms with van der Waals surface area (Å²) in [6.45, 7) is 8.25. The molecule has 2 aliphatic heterocycles. The van der Waals surface area contributed by atoms with Crippen LogP contribution < -0.4 is 9.47 Å². The molecule has 0 amide bonds. The molecule has 4 rings (SSSR count). The standard InChI is InChI=1S/C24H32N2O4/c1-2-22(20-6-4-3-5-7-20)28-17-21(27)16-26-12-10-25(11-13-26)15-19-8-9-23-24(14-19)30-18-29-23/h3-9,14,21-22,27H,2,10-13,15-18H2,1H3/t21-,22-/m0/s1. The topological polar surface area (TPSA) is 54.4 Å². The van der Waals surface area contributed by atoms with Gasteiger partial charge in [-0.1, -0.05) is 43.3 Å². The predicted molar refractivity (Wildman–Crippen MR) is 116 cm³/mol. The van der Waals surface area contributed by atoms with Crippen molar-refractivity contribution in [2.45, 2.75) is 32.1 Å².